The van der Waals surface area contributed by atoms with Gasteiger partial charge in [0.25, 0.3) is 0 Å². The van der Waals surface area contributed by atoms with Crippen LogP contribution in [0.4, 0.5) is 10.3 Å². The molecule has 1 aliphatic heterocycles. The number of halogens is 1. The first-order valence-corrected chi connectivity index (χ1v) is 15.6. The molecule has 0 saturated carbocycles. The summed E-state index contributed by atoms with van der Waals surface area (Å²) in [7, 11) is 0. The molecule has 5 aromatic rings. The number of hydrogen-bond acceptors (Lipinski definition) is 9. The van der Waals surface area contributed by atoms with E-state index in [4.69, 9.17) is 25.7 Å². The molecule has 240 valence electrons. The quantitative estimate of drug-likeness (QED) is 0.205. The van der Waals surface area contributed by atoms with Crippen LogP contribution in [0.5, 0.6) is 5.88 Å². The number of anilines is 1. The number of carbonyl (C=O) groups excluding carboxylic acids is 1. The smallest absolute Gasteiger partial charge is 0.248 e. The monoisotopic (exact) mass is 633 g/mol. The van der Waals surface area contributed by atoms with Gasteiger partial charge in [-0.2, -0.15) is 5.26 Å². The van der Waals surface area contributed by atoms with Crippen molar-refractivity contribution in [1.29, 1.82) is 5.26 Å². The number of fused-ring (bicyclic) bond motifs is 1. The van der Waals surface area contributed by atoms with Crippen molar-refractivity contribution in [3.8, 4) is 11.9 Å². The Morgan fingerprint density at radius 3 is 2.55 bits per heavy atom. The maximum atomic E-state index is 14.3. The molecule has 11 nitrogen and oxygen atoms in total. The van der Waals surface area contributed by atoms with E-state index in [1.165, 1.54) is 6.07 Å². The van der Waals surface area contributed by atoms with Gasteiger partial charge in [0.1, 0.15) is 18.2 Å². The zero-order valence-electron chi connectivity index (χ0n) is 26.4. The van der Waals surface area contributed by atoms with Gasteiger partial charge in [-0.1, -0.05) is 12.1 Å². The number of aryl methyl sites for hydroxylation is 2. The van der Waals surface area contributed by atoms with Gasteiger partial charge in [0.2, 0.25) is 17.7 Å². The van der Waals surface area contributed by atoms with Crippen molar-refractivity contribution in [2.24, 2.45) is 5.73 Å². The van der Waals surface area contributed by atoms with E-state index in [0.717, 1.165) is 59.9 Å². The van der Waals surface area contributed by atoms with E-state index in [1.54, 1.807) is 24.3 Å². The molecule has 47 heavy (non-hydrogen) atoms. The highest BCUT2D eigenvalue weighted by atomic mass is 19.1. The minimum atomic E-state index is -0.477. The fourth-order valence-corrected chi connectivity index (χ4v) is 5.99. The number of ether oxygens (including phenoxy) is 1. The Hall–Kier alpha value is -5.41. The van der Waals surface area contributed by atoms with Crippen molar-refractivity contribution in [3.05, 3.63) is 106 Å². The third-order valence-corrected chi connectivity index (χ3v) is 8.39. The molecule has 1 aliphatic rings. The largest absolute Gasteiger partial charge is 0.473 e. The molecule has 0 radical (unpaired) electrons. The first-order valence-electron chi connectivity index (χ1n) is 15.6. The summed E-state index contributed by atoms with van der Waals surface area (Å²) in [5.74, 6) is 1.25. The summed E-state index contributed by atoms with van der Waals surface area (Å²) in [6, 6.07) is 19.3. The summed E-state index contributed by atoms with van der Waals surface area (Å²) in [6.45, 7) is 7.46. The molecule has 3 aromatic heterocycles. The fraction of sp³-hybridized carbons (Fsp3) is 0.314. The first kappa shape index (κ1) is 31.6. The second kappa shape index (κ2) is 13.9. The number of carbonyl (C=O) groups is 1. The lowest BCUT2D eigenvalue weighted by Crippen LogP contribution is -2.33. The lowest BCUT2D eigenvalue weighted by atomic mass is 9.93. The van der Waals surface area contributed by atoms with Crippen LogP contribution in [0.1, 0.15) is 63.2 Å². The van der Waals surface area contributed by atoms with Crippen molar-refractivity contribution in [2.75, 3.05) is 25.0 Å². The number of nitrogens with two attached hydrogens (primary N) is 1. The minimum absolute atomic E-state index is 0.0293. The number of benzene rings is 2. The predicted octanol–water partition coefficient (Wildman–Crippen LogP) is 5.02. The van der Waals surface area contributed by atoms with Crippen LogP contribution >= 0.6 is 0 Å². The molecule has 6 rings (SSSR count). The standard InChI is InChI=1S/C35H36FN9O2/c1-22-16-23(2)41-35(40-22)39-12-15-45-31-18-26(34(38)46)8-9-30(31)42-32(45)20-44-13-10-25(11-14-44)29-4-3-5-33(43-29)47-21-27-7-6-24(19-37)17-28(27)36/h3-9,16-18,25H,10-15,20-21H2,1-2H3,(H2,38,46)(H,39,40,41). The molecule has 12 heteroatoms. The Morgan fingerprint density at radius 1 is 1.04 bits per heavy atom. The average molecular weight is 634 g/mol. The maximum absolute atomic E-state index is 14.3. The Balaban J connectivity index is 1.11. The highest BCUT2D eigenvalue weighted by Crippen LogP contribution is 2.29. The van der Waals surface area contributed by atoms with Gasteiger partial charge in [-0.05, 0) is 82.2 Å². The van der Waals surface area contributed by atoms with Crippen LogP contribution in [0.25, 0.3) is 11.0 Å². The highest BCUT2D eigenvalue weighted by molar-refractivity contribution is 5.96. The molecular formula is C35H36FN9O2. The van der Waals surface area contributed by atoms with Gasteiger partial charge in [0.15, 0.2) is 0 Å². The maximum Gasteiger partial charge on any atom is 0.248 e. The van der Waals surface area contributed by atoms with Gasteiger partial charge in [-0.15, -0.1) is 0 Å². The van der Waals surface area contributed by atoms with Crippen LogP contribution in [0.15, 0.2) is 60.7 Å². The number of imidazole rings is 1. The summed E-state index contributed by atoms with van der Waals surface area (Å²) in [4.78, 5) is 33.0. The molecule has 1 fully saturated rings. The van der Waals surface area contributed by atoms with E-state index in [2.05, 4.69) is 24.8 Å². The second-order valence-electron chi connectivity index (χ2n) is 11.8. The van der Waals surface area contributed by atoms with E-state index in [9.17, 15) is 9.18 Å². The fourth-order valence-electron chi connectivity index (χ4n) is 5.99. The SMILES string of the molecule is Cc1cc(C)nc(NCCn2c(CN3CCC(c4cccc(OCc5ccc(C#N)cc5F)n4)CC3)nc3ccc(C(N)=O)cc32)n1. The molecule has 0 atom stereocenters. The van der Waals surface area contributed by atoms with Crippen LogP contribution in [-0.2, 0) is 19.7 Å². The Kier molecular flexibility index (Phi) is 9.35. The van der Waals surface area contributed by atoms with Crippen LogP contribution in [0, 0.1) is 31.0 Å². The van der Waals surface area contributed by atoms with Crippen molar-refractivity contribution in [3.63, 3.8) is 0 Å². The van der Waals surface area contributed by atoms with E-state index in [1.807, 2.05) is 50.2 Å². The molecule has 0 unspecified atom stereocenters. The Labute approximate surface area is 272 Å². The van der Waals surface area contributed by atoms with E-state index in [-0.39, 0.29) is 18.1 Å². The van der Waals surface area contributed by atoms with Gasteiger partial charge in [0.05, 0.1) is 29.2 Å². The van der Waals surface area contributed by atoms with Crippen LogP contribution < -0.4 is 15.8 Å². The molecule has 0 spiro atoms. The number of primary amides is 1. The van der Waals surface area contributed by atoms with E-state index < -0.39 is 11.7 Å². The summed E-state index contributed by atoms with van der Waals surface area (Å²) in [6.07, 6.45) is 1.83. The number of piperidine rings is 1. The zero-order valence-corrected chi connectivity index (χ0v) is 26.4. The predicted molar refractivity (Wildman–Crippen MR) is 175 cm³/mol. The number of nitriles is 1. The molecule has 4 heterocycles. The topological polar surface area (TPSA) is 148 Å². The number of likely N-dealkylation sites (tertiary alicyclic amines) is 1. The molecule has 1 amide bonds. The number of nitrogens with one attached hydrogen (secondary N) is 1. The van der Waals surface area contributed by atoms with Crippen molar-refractivity contribution < 1.29 is 13.9 Å². The number of nitrogens with zero attached hydrogens (tertiary/aromatic N) is 7. The van der Waals surface area contributed by atoms with Gasteiger partial charge in [0, 0.05) is 53.3 Å². The number of aromatic nitrogens is 5. The van der Waals surface area contributed by atoms with Crippen molar-refractivity contribution in [2.45, 2.75) is 52.3 Å². The number of pyridine rings is 1. The Bertz CT molecular complexity index is 1940. The van der Waals surface area contributed by atoms with E-state index in [0.29, 0.717) is 42.6 Å². The third kappa shape index (κ3) is 7.53. The van der Waals surface area contributed by atoms with Gasteiger partial charge < -0.3 is 20.4 Å². The molecule has 0 bridgehead atoms. The second-order valence-corrected chi connectivity index (χ2v) is 11.8. The zero-order chi connectivity index (χ0) is 32.9. The van der Waals surface area contributed by atoms with Gasteiger partial charge in [-0.3, -0.25) is 9.69 Å². The molecule has 0 aliphatic carbocycles. The summed E-state index contributed by atoms with van der Waals surface area (Å²) < 4.78 is 22.3. The lowest BCUT2D eigenvalue weighted by molar-refractivity contribution is 0.100. The van der Waals surface area contributed by atoms with Crippen LogP contribution in [0.2, 0.25) is 0 Å². The van der Waals surface area contributed by atoms with E-state index >= 15 is 0 Å². The molecule has 2 aromatic carbocycles. The number of amides is 1. The van der Waals surface area contributed by atoms with Gasteiger partial charge in [-0.25, -0.2) is 24.3 Å². The van der Waals surface area contributed by atoms with Gasteiger partial charge >= 0.3 is 0 Å². The minimum Gasteiger partial charge on any atom is -0.473 e. The average Bonchev–Trinajstić information content (AvgIpc) is 3.40. The van der Waals surface area contributed by atoms with Crippen molar-refractivity contribution in [1.82, 2.24) is 29.4 Å². The summed E-state index contributed by atoms with van der Waals surface area (Å²) in [5, 5.41) is 12.3. The lowest BCUT2D eigenvalue weighted by Gasteiger charge is -2.31. The first-order chi connectivity index (χ1) is 22.7. The number of hydrogen-bond donors (Lipinski definition) is 2. The molecule has 1 saturated heterocycles. The summed E-state index contributed by atoms with van der Waals surface area (Å²) >= 11 is 0. The third-order valence-electron chi connectivity index (χ3n) is 8.39. The number of rotatable bonds is 11. The Morgan fingerprint density at radius 2 is 1.83 bits per heavy atom. The van der Waals surface area contributed by atoms with Crippen molar-refractivity contribution >= 4 is 22.9 Å². The highest BCUT2D eigenvalue weighted by Gasteiger charge is 2.24. The van der Waals surface area contributed by atoms with Crippen LogP contribution in [-0.4, -0.2) is 54.9 Å². The van der Waals surface area contributed by atoms with Crippen LogP contribution in [0.3, 0.4) is 0 Å². The normalized spacial score (nSPS) is 13.8. The molecular weight excluding hydrogens is 597 g/mol. The molecule has 3 N–H and O–H groups in total. The summed E-state index contributed by atoms with van der Waals surface area (Å²) in [5.41, 5.74) is 11.1.